The number of nitrogens with two attached hydrogens (primary N) is 3. The summed E-state index contributed by atoms with van der Waals surface area (Å²) in [5.74, 6) is -12.4. The molecule has 8 rings (SSSR count). The highest BCUT2D eigenvalue weighted by molar-refractivity contribution is 6.01. The van der Waals surface area contributed by atoms with Crippen molar-refractivity contribution in [3.05, 3.63) is 149 Å². The van der Waals surface area contributed by atoms with E-state index in [4.69, 9.17) is 21.9 Å². The van der Waals surface area contributed by atoms with Gasteiger partial charge in [0.25, 0.3) is 0 Å². The Morgan fingerprint density at radius 3 is 1.43 bits per heavy atom. The molecule has 0 aliphatic carbocycles. The summed E-state index contributed by atoms with van der Waals surface area (Å²) in [7, 11) is 0. The first-order valence-corrected chi connectivity index (χ1v) is 35.1. The van der Waals surface area contributed by atoms with Crippen LogP contribution in [-0.4, -0.2) is 221 Å². The first-order valence-electron chi connectivity index (χ1n) is 35.1. The minimum atomic E-state index is -1.93. The SMILES string of the molecule is CC(C)C[C@@H]1NC(=O)[C@H](CCCN)NC(=O)[C@H](Cc2cn(C[C@H]3OC(O)[C@H](O)[C@@H](O)[C@@H]3O)nn2)NC(=O)[C@H](Cc2ccc(O)cc2)NC(=O)[C@H](CCC(N)=O)NC(=O)[C@H](CC(N)=O)NC(=O)[C@@H](Cc2ccccc2)NC(=O)[C@H](Cc2ccccc2)NC(=O)[C@@H]2CCCN2C(=O)[C@@H](Cc2ccccc2)NC1=O. The number of ether oxygens (including phenoxy) is 1. The number of aliphatic hydroxyl groups excluding tert-OH is 4. The summed E-state index contributed by atoms with van der Waals surface area (Å²) in [4.78, 5) is 177. The number of primary amides is 2. The van der Waals surface area contributed by atoms with Crippen molar-refractivity contribution >= 4 is 70.9 Å². The van der Waals surface area contributed by atoms with Gasteiger partial charge in [-0.2, -0.15) is 0 Å². The molecule has 15 atom stereocenters. The molecule has 1 aromatic heterocycles. The highest BCUT2D eigenvalue weighted by Crippen LogP contribution is 2.24. The van der Waals surface area contributed by atoms with E-state index in [1.165, 1.54) is 35.4 Å². The highest BCUT2D eigenvalue weighted by atomic mass is 16.6. The van der Waals surface area contributed by atoms with Gasteiger partial charge in [-0.05, 0) is 85.4 Å². The number of aliphatic hydroxyl groups is 4. The maximum Gasteiger partial charge on any atom is 0.246 e. The minimum Gasteiger partial charge on any atom is -0.508 e. The monoisotopic (exact) mass is 1470 g/mol. The van der Waals surface area contributed by atoms with Crippen LogP contribution in [0.2, 0.25) is 0 Å². The van der Waals surface area contributed by atoms with E-state index in [0.717, 1.165) is 4.68 Å². The molecule has 20 N–H and O–H groups in total. The number of carbonyl (C=O) groups excluding carboxylic acids is 12. The van der Waals surface area contributed by atoms with Gasteiger partial charge in [0.1, 0.15) is 90.6 Å². The normalized spacial score (nSPS) is 26.7. The van der Waals surface area contributed by atoms with Crippen molar-refractivity contribution in [2.75, 3.05) is 13.1 Å². The zero-order valence-corrected chi connectivity index (χ0v) is 58.7. The van der Waals surface area contributed by atoms with Gasteiger partial charge in [-0.1, -0.05) is 122 Å². The van der Waals surface area contributed by atoms with E-state index < -0.39 is 201 Å². The fourth-order valence-corrected chi connectivity index (χ4v) is 12.7. The van der Waals surface area contributed by atoms with E-state index in [1.807, 2.05) is 0 Å². The molecule has 0 bridgehead atoms. The molecule has 570 valence electrons. The lowest BCUT2D eigenvalue weighted by atomic mass is 9.99. The van der Waals surface area contributed by atoms with Gasteiger partial charge in [-0.25, -0.2) is 4.68 Å². The van der Waals surface area contributed by atoms with Crippen LogP contribution >= 0.6 is 0 Å². The van der Waals surface area contributed by atoms with Gasteiger partial charge < -0.3 is 100 Å². The number of hydrogen-bond acceptors (Lipinski definition) is 21. The van der Waals surface area contributed by atoms with Crippen molar-refractivity contribution in [1.29, 1.82) is 0 Å². The van der Waals surface area contributed by atoms with Gasteiger partial charge >= 0.3 is 0 Å². The fourth-order valence-electron chi connectivity index (χ4n) is 12.7. The lowest BCUT2D eigenvalue weighted by molar-refractivity contribution is -0.284. The van der Waals surface area contributed by atoms with E-state index in [-0.39, 0.29) is 81.0 Å². The van der Waals surface area contributed by atoms with Crippen LogP contribution in [0.4, 0.5) is 0 Å². The molecule has 34 heteroatoms. The van der Waals surface area contributed by atoms with Gasteiger partial charge in [0.15, 0.2) is 6.29 Å². The first-order chi connectivity index (χ1) is 50.6. The Morgan fingerprint density at radius 1 is 0.509 bits per heavy atom. The zero-order chi connectivity index (χ0) is 76.7. The predicted octanol–water partition coefficient (Wildman–Crippen LogP) is -4.41. The molecule has 0 radical (unpaired) electrons. The molecule has 4 heterocycles. The molecule has 34 nitrogen and oxygen atoms in total. The van der Waals surface area contributed by atoms with Crippen LogP contribution in [0.25, 0.3) is 0 Å². The van der Waals surface area contributed by atoms with Crippen molar-refractivity contribution in [2.24, 2.45) is 23.1 Å². The third-order valence-corrected chi connectivity index (χ3v) is 18.3. The number of phenols is 1. The van der Waals surface area contributed by atoms with Crippen molar-refractivity contribution in [3.8, 4) is 5.75 Å². The molecular weight excluding hydrogens is 1380 g/mol. The summed E-state index contributed by atoms with van der Waals surface area (Å²) in [6, 6.07) is 15.0. The van der Waals surface area contributed by atoms with E-state index in [2.05, 4.69) is 58.2 Å². The Labute approximate surface area is 610 Å². The third-order valence-electron chi connectivity index (χ3n) is 18.3. The number of benzene rings is 4. The number of rotatable bonds is 22. The average Bonchev–Trinajstić information content (AvgIpc) is 1.45. The number of aromatic nitrogens is 3. The van der Waals surface area contributed by atoms with Crippen LogP contribution in [-0.2, 0) is 101 Å². The summed E-state index contributed by atoms with van der Waals surface area (Å²) in [6.07, 6.45) is -10.8. The largest absolute Gasteiger partial charge is 0.508 e. The van der Waals surface area contributed by atoms with Crippen LogP contribution in [0.5, 0.6) is 5.75 Å². The Kier molecular flexibility index (Phi) is 29.6. The maximum absolute atomic E-state index is 15.3. The molecule has 12 amide bonds. The lowest BCUT2D eigenvalue weighted by Crippen LogP contribution is -2.62. The van der Waals surface area contributed by atoms with Crippen molar-refractivity contribution in [3.63, 3.8) is 0 Å². The summed E-state index contributed by atoms with van der Waals surface area (Å²) < 4.78 is 6.43. The number of carbonyl (C=O) groups is 12. The molecule has 3 fully saturated rings. The summed E-state index contributed by atoms with van der Waals surface area (Å²) in [5, 5.41) is 84.0. The van der Waals surface area contributed by atoms with Gasteiger partial charge in [-0.3, -0.25) is 57.5 Å². The highest BCUT2D eigenvalue weighted by Gasteiger charge is 2.45. The molecule has 3 aliphatic rings. The lowest BCUT2D eigenvalue weighted by Gasteiger charge is -2.38. The summed E-state index contributed by atoms with van der Waals surface area (Å²) in [6.45, 7) is 3.16. The molecule has 0 spiro atoms. The van der Waals surface area contributed by atoms with Crippen LogP contribution in [0.1, 0.15) is 93.2 Å². The second kappa shape index (κ2) is 38.8. The molecule has 3 saturated heterocycles. The Hall–Kier alpha value is -10.8. The molecule has 4 aromatic carbocycles. The summed E-state index contributed by atoms with van der Waals surface area (Å²) >= 11 is 0. The van der Waals surface area contributed by atoms with E-state index in [1.54, 1.807) is 105 Å². The van der Waals surface area contributed by atoms with E-state index >= 15 is 24.0 Å². The second-order valence-electron chi connectivity index (χ2n) is 27.1. The van der Waals surface area contributed by atoms with Gasteiger partial charge in [-0.15, -0.1) is 5.10 Å². The number of phenolic OH excluding ortho intramolecular Hbond substituents is 1. The summed E-state index contributed by atoms with van der Waals surface area (Å²) in [5.41, 5.74) is 19.2. The minimum absolute atomic E-state index is 0.0138. The molecular formula is C72H94N16O18. The molecule has 1 unspecified atom stereocenters. The number of fused-ring (bicyclic) bond motifs is 1. The predicted molar refractivity (Wildman–Crippen MR) is 377 cm³/mol. The first kappa shape index (κ1) is 80.9. The molecule has 5 aromatic rings. The quantitative estimate of drug-likeness (QED) is 0.0311. The molecule has 0 saturated carbocycles. The van der Waals surface area contributed by atoms with Crippen LogP contribution in [0, 0.1) is 5.92 Å². The number of hydrogen-bond donors (Lipinski definition) is 17. The Morgan fingerprint density at radius 2 is 0.934 bits per heavy atom. The molecule has 3 aliphatic heterocycles. The molecule has 106 heavy (non-hydrogen) atoms. The van der Waals surface area contributed by atoms with Crippen molar-refractivity contribution in [1.82, 2.24) is 67.7 Å². The Balaban J connectivity index is 1.22. The van der Waals surface area contributed by atoms with Crippen LogP contribution in [0.15, 0.2) is 121 Å². The van der Waals surface area contributed by atoms with Crippen molar-refractivity contribution < 1.29 is 87.8 Å². The standard InChI is InChI=1S/C72H94N16O18/c1-39(2)30-48-64(97)84-54(34-42-18-10-5-11-19-42)71(104)88-29-13-21-55(88)70(103)83-51(32-41-16-8-4-9-17-41)67(100)80-49(31-40-14-6-3-7-15-40)66(99)82-53(36-58(75)91)69(102)77-47(26-27-57(74)90)63(96)79-50(33-43-22-24-45(89)25-23-43)65(98)81-52(68(101)76-46(20-12-28-73)62(95)78-48)35-44-37-87(86-85-44)38-56-59(92)60(93)61(94)72(105)106-56/h3-11,14-19,22-25,37,39,46-56,59-61,72,89,92-94,105H,12-13,20-21,26-36,38,73H2,1-2H3,(H2,74,90)(H2,75,91)(H,76,101)(H,77,102)(H,78,95)(H,79,96)(H,80,100)(H,81,98)(H,82,99)(H,83,103)(H,84,97)/t46-,47-,48-,49+,50-,51-,52-,53-,54+,55-,56+,59+,60-,61+,72?/m0/s1. The third kappa shape index (κ3) is 23.6. The van der Waals surface area contributed by atoms with Crippen molar-refractivity contribution in [2.45, 2.75) is 195 Å². The van der Waals surface area contributed by atoms with E-state index in [9.17, 15) is 59.1 Å². The van der Waals surface area contributed by atoms with E-state index in [0.29, 0.717) is 23.1 Å². The smallest absolute Gasteiger partial charge is 0.246 e. The van der Waals surface area contributed by atoms with Crippen LogP contribution in [0.3, 0.4) is 0 Å². The number of nitrogens with one attached hydrogen (secondary N) is 9. The maximum atomic E-state index is 15.3. The topological polar surface area (TPSA) is 535 Å². The average molecular weight is 1470 g/mol. The van der Waals surface area contributed by atoms with Gasteiger partial charge in [0.05, 0.1) is 18.7 Å². The number of nitrogens with zero attached hydrogens (tertiary/aromatic N) is 4. The second-order valence-corrected chi connectivity index (χ2v) is 27.1. The fraction of sp³-hybridized carbons (Fsp3) is 0.472. The van der Waals surface area contributed by atoms with Gasteiger partial charge in [0, 0.05) is 51.3 Å². The zero-order valence-electron chi connectivity index (χ0n) is 58.7. The Bertz CT molecular complexity index is 3860. The number of amides is 12. The van der Waals surface area contributed by atoms with Gasteiger partial charge in [0.2, 0.25) is 70.9 Å². The number of aromatic hydroxyl groups is 1. The van der Waals surface area contributed by atoms with Crippen LogP contribution < -0.4 is 65.1 Å².